The van der Waals surface area contributed by atoms with Gasteiger partial charge < -0.3 is 0 Å². The molecule has 2 rings (SSSR count). The number of benzene rings is 1. The van der Waals surface area contributed by atoms with Crippen LogP contribution in [0.4, 0.5) is 0 Å². The minimum Gasteiger partial charge on any atom is -0.192 e. The first-order valence-corrected chi connectivity index (χ1v) is 7.10. The van der Waals surface area contributed by atoms with Gasteiger partial charge in [-0.05, 0) is 41.0 Å². The summed E-state index contributed by atoms with van der Waals surface area (Å²) in [6.45, 7) is 0. The van der Waals surface area contributed by atoms with Crippen molar-refractivity contribution in [2.45, 2.75) is 4.90 Å². The van der Waals surface area contributed by atoms with E-state index in [1.54, 1.807) is 23.1 Å². The molecule has 1 heterocycles. The first kappa shape index (κ1) is 10.3. The lowest BCUT2D eigenvalue weighted by molar-refractivity contribution is 1.50. The summed E-state index contributed by atoms with van der Waals surface area (Å²) < 4.78 is 2.34. The fraction of sp³-hybridized carbons (Fsp3) is 0.100. The van der Waals surface area contributed by atoms with E-state index in [0.717, 1.165) is 10.3 Å². The average molecular weight is 331 g/mol. The molecule has 0 amide bonds. The van der Waals surface area contributed by atoms with Crippen LogP contribution in [0, 0.1) is 14.9 Å². The zero-order valence-corrected chi connectivity index (χ0v) is 11.2. The molecule has 1 nitrogen and oxygen atoms in total. The van der Waals surface area contributed by atoms with Crippen LogP contribution in [0.5, 0.6) is 0 Å². The molecule has 0 saturated heterocycles. The Bertz CT molecular complexity index is 525. The fourth-order valence-corrected chi connectivity index (χ4v) is 4.36. The SMILES string of the molecule is CSc1csc2c(C#N)ccc(I)c12. The minimum absolute atomic E-state index is 0.783. The molecule has 0 saturated carbocycles. The normalized spacial score (nSPS) is 10.4. The van der Waals surface area contributed by atoms with Crippen molar-refractivity contribution in [2.75, 3.05) is 6.26 Å². The van der Waals surface area contributed by atoms with Crippen LogP contribution in [0.25, 0.3) is 10.1 Å². The Labute approximate surface area is 104 Å². The van der Waals surface area contributed by atoms with Crippen molar-refractivity contribution in [3.05, 3.63) is 26.6 Å². The molecule has 2 aromatic rings. The number of thioether (sulfide) groups is 1. The van der Waals surface area contributed by atoms with Crippen LogP contribution < -0.4 is 0 Å². The van der Waals surface area contributed by atoms with Gasteiger partial charge in [-0.1, -0.05) is 0 Å². The molecule has 0 aliphatic rings. The maximum Gasteiger partial charge on any atom is 0.101 e. The van der Waals surface area contributed by atoms with E-state index in [9.17, 15) is 0 Å². The van der Waals surface area contributed by atoms with Crippen LogP contribution >= 0.6 is 45.7 Å². The topological polar surface area (TPSA) is 23.8 Å². The van der Waals surface area contributed by atoms with Crippen LogP contribution in [0.2, 0.25) is 0 Å². The van der Waals surface area contributed by atoms with Gasteiger partial charge in [-0.3, -0.25) is 0 Å². The van der Waals surface area contributed by atoms with Crippen molar-refractivity contribution in [3.8, 4) is 6.07 Å². The van der Waals surface area contributed by atoms with Crippen LogP contribution in [-0.2, 0) is 0 Å². The molecule has 0 unspecified atom stereocenters. The molecule has 0 aliphatic carbocycles. The summed E-state index contributed by atoms with van der Waals surface area (Å²) in [6.07, 6.45) is 2.07. The monoisotopic (exact) mass is 331 g/mol. The van der Waals surface area contributed by atoms with Gasteiger partial charge in [0, 0.05) is 19.2 Å². The highest BCUT2D eigenvalue weighted by molar-refractivity contribution is 14.1. The first-order chi connectivity index (χ1) is 6.77. The predicted molar refractivity (Wildman–Crippen MR) is 71.0 cm³/mol. The molecule has 0 aliphatic heterocycles. The number of halogens is 1. The second-order valence-electron chi connectivity index (χ2n) is 2.71. The maximum absolute atomic E-state index is 8.96. The number of hydrogen-bond acceptors (Lipinski definition) is 3. The summed E-state index contributed by atoms with van der Waals surface area (Å²) >= 11 is 5.71. The summed E-state index contributed by atoms with van der Waals surface area (Å²) in [5.74, 6) is 0. The summed E-state index contributed by atoms with van der Waals surface area (Å²) in [4.78, 5) is 1.27. The average Bonchev–Trinajstić information content (AvgIpc) is 2.63. The predicted octanol–water partition coefficient (Wildman–Crippen LogP) is 4.10. The third-order valence-corrected chi connectivity index (χ3v) is 4.80. The van der Waals surface area contributed by atoms with Crippen molar-refractivity contribution in [2.24, 2.45) is 0 Å². The van der Waals surface area contributed by atoms with Gasteiger partial charge in [0.1, 0.15) is 6.07 Å². The molecule has 0 spiro atoms. The van der Waals surface area contributed by atoms with Crippen LogP contribution in [-0.4, -0.2) is 6.26 Å². The van der Waals surface area contributed by atoms with E-state index in [1.807, 2.05) is 12.1 Å². The van der Waals surface area contributed by atoms with Gasteiger partial charge >= 0.3 is 0 Å². The molecule has 0 N–H and O–H groups in total. The summed E-state index contributed by atoms with van der Waals surface area (Å²) in [5.41, 5.74) is 0.783. The van der Waals surface area contributed by atoms with Crippen LogP contribution in [0.15, 0.2) is 22.4 Å². The molecule has 0 atom stereocenters. The second kappa shape index (κ2) is 4.09. The Hall–Kier alpha value is -0.250. The largest absolute Gasteiger partial charge is 0.192 e. The van der Waals surface area contributed by atoms with Crippen molar-refractivity contribution in [1.29, 1.82) is 5.26 Å². The van der Waals surface area contributed by atoms with Gasteiger partial charge in [0.15, 0.2) is 0 Å². The number of nitriles is 1. The lowest BCUT2D eigenvalue weighted by Gasteiger charge is -1.98. The highest BCUT2D eigenvalue weighted by Gasteiger charge is 2.10. The number of rotatable bonds is 1. The number of thiophene rings is 1. The van der Waals surface area contributed by atoms with Crippen molar-refractivity contribution >= 4 is 55.8 Å². The van der Waals surface area contributed by atoms with Crippen molar-refractivity contribution < 1.29 is 0 Å². The summed E-state index contributed by atoms with van der Waals surface area (Å²) in [6, 6.07) is 6.13. The molecule has 14 heavy (non-hydrogen) atoms. The van der Waals surface area contributed by atoms with Gasteiger partial charge in [-0.25, -0.2) is 0 Å². The molecule has 1 aromatic heterocycles. The Balaban J connectivity index is 2.89. The molecule has 4 heteroatoms. The van der Waals surface area contributed by atoms with Gasteiger partial charge in [0.05, 0.1) is 10.3 Å². The van der Waals surface area contributed by atoms with Gasteiger partial charge in [-0.15, -0.1) is 23.1 Å². The minimum atomic E-state index is 0.783. The van der Waals surface area contributed by atoms with E-state index >= 15 is 0 Å². The van der Waals surface area contributed by atoms with E-state index in [0.29, 0.717) is 0 Å². The summed E-state index contributed by atoms with van der Waals surface area (Å²) in [7, 11) is 0. The Morgan fingerprint density at radius 3 is 2.93 bits per heavy atom. The highest BCUT2D eigenvalue weighted by Crippen LogP contribution is 2.37. The van der Waals surface area contributed by atoms with E-state index in [4.69, 9.17) is 5.26 Å². The number of nitrogens with zero attached hydrogens (tertiary/aromatic N) is 1. The first-order valence-electron chi connectivity index (χ1n) is 3.91. The molecule has 0 fully saturated rings. The Kier molecular flexibility index (Phi) is 3.00. The van der Waals surface area contributed by atoms with Crippen LogP contribution in [0.1, 0.15) is 5.56 Å². The third-order valence-electron chi connectivity index (χ3n) is 1.98. The lowest BCUT2D eigenvalue weighted by atomic mass is 10.2. The molecular weight excluding hydrogens is 325 g/mol. The standard InChI is InChI=1S/C10H6INS2/c1-13-8-5-14-10-6(4-12)2-3-7(11)9(8)10/h2-3,5H,1H3. The smallest absolute Gasteiger partial charge is 0.101 e. The molecule has 0 radical (unpaired) electrons. The zero-order chi connectivity index (χ0) is 10.1. The Morgan fingerprint density at radius 1 is 1.50 bits per heavy atom. The van der Waals surface area contributed by atoms with E-state index in [2.05, 4.69) is 40.3 Å². The lowest BCUT2D eigenvalue weighted by Crippen LogP contribution is -1.79. The van der Waals surface area contributed by atoms with Gasteiger partial charge in [0.25, 0.3) is 0 Å². The zero-order valence-electron chi connectivity index (χ0n) is 7.37. The second-order valence-corrected chi connectivity index (χ2v) is 5.60. The fourth-order valence-electron chi connectivity index (χ4n) is 1.32. The highest BCUT2D eigenvalue weighted by atomic mass is 127. The quantitative estimate of drug-likeness (QED) is 0.580. The van der Waals surface area contributed by atoms with E-state index in [-0.39, 0.29) is 0 Å². The number of hydrogen-bond donors (Lipinski definition) is 0. The summed E-state index contributed by atoms with van der Waals surface area (Å²) in [5, 5.41) is 12.3. The van der Waals surface area contributed by atoms with Gasteiger partial charge in [0.2, 0.25) is 0 Å². The van der Waals surface area contributed by atoms with Crippen molar-refractivity contribution in [3.63, 3.8) is 0 Å². The van der Waals surface area contributed by atoms with Gasteiger partial charge in [-0.2, -0.15) is 5.26 Å². The molecule has 1 aromatic carbocycles. The van der Waals surface area contributed by atoms with Crippen molar-refractivity contribution in [1.82, 2.24) is 0 Å². The van der Waals surface area contributed by atoms with Crippen LogP contribution in [0.3, 0.4) is 0 Å². The third kappa shape index (κ3) is 1.53. The maximum atomic E-state index is 8.96. The van der Waals surface area contributed by atoms with E-state index < -0.39 is 0 Å². The number of fused-ring (bicyclic) bond motifs is 1. The Morgan fingerprint density at radius 2 is 2.29 bits per heavy atom. The van der Waals surface area contributed by atoms with E-state index in [1.165, 1.54) is 13.9 Å². The molecule has 0 bridgehead atoms. The molecular formula is C10H6INS2. The molecule has 70 valence electrons.